The number of benzene rings is 2. The second-order valence-electron chi connectivity index (χ2n) is 3.75. The SMILES string of the molecule is N#Cc1ccccc1OCc1ccc(Br)c(N)c1. The highest BCUT2D eigenvalue weighted by molar-refractivity contribution is 9.10. The third-order valence-electron chi connectivity index (χ3n) is 2.46. The largest absolute Gasteiger partial charge is 0.488 e. The molecule has 0 aliphatic heterocycles. The average Bonchev–Trinajstić information content (AvgIpc) is 2.40. The van der Waals surface area contributed by atoms with Crippen molar-refractivity contribution >= 4 is 21.6 Å². The van der Waals surface area contributed by atoms with E-state index in [-0.39, 0.29) is 0 Å². The minimum atomic E-state index is 0.385. The minimum Gasteiger partial charge on any atom is -0.488 e. The molecular formula is C14H11BrN2O. The molecule has 0 aliphatic carbocycles. The van der Waals surface area contributed by atoms with Gasteiger partial charge in [0.25, 0.3) is 0 Å². The average molecular weight is 303 g/mol. The second kappa shape index (κ2) is 5.56. The summed E-state index contributed by atoms with van der Waals surface area (Å²) in [5, 5.41) is 8.94. The summed E-state index contributed by atoms with van der Waals surface area (Å²) >= 11 is 3.34. The Morgan fingerprint density at radius 3 is 2.72 bits per heavy atom. The molecule has 18 heavy (non-hydrogen) atoms. The number of anilines is 1. The molecule has 2 aromatic carbocycles. The van der Waals surface area contributed by atoms with Crippen molar-refractivity contribution in [1.82, 2.24) is 0 Å². The van der Waals surface area contributed by atoms with Gasteiger partial charge in [0.15, 0.2) is 0 Å². The number of para-hydroxylation sites is 1. The Kier molecular flexibility index (Phi) is 3.85. The van der Waals surface area contributed by atoms with Crippen LogP contribution in [-0.4, -0.2) is 0 Å². The Morgan fingerprint density at radius 2 is 2.00 bits per heavy atom. The quantitative estimate of drug-likeness (QED) is 0.883. The lowest BCUT2D eigenvalue weighted by Crippen LogP contribution is -1.98. The standard InChI is InChI=1S/C14H11BrN2O/c15-12-6-5-10(7-13(12)17)9-18-14-4-2-1-3-11(14)8-16/h1-7H,9,17H2. The van der Waals surface area contributed by atoms with Crippen molar-refractivity contribution in [1.29, 1.82) is 5.26 Å². The molecule has 3 nitrogen and oxygen atoms in total. The predicted molar refractivity (Wildman–Crippen MR) is 74.0 cm³/mol. The first-order chi connectivity index (χ1) is 8.70. The van der Waals surface area contributed by atoms with Crippen molar-refractivity contribution in [3.8, 4) is 11.8 Å². The zero-order chi connectivity index (χ0) is 13.0. The molecule has 2 N–H and O–H groups in total. The van der Waals surface area contributed by atoms with Gasteiger partial charge >= 0.3 is 0 Å². The molecule has 0 aliphatic rings. The Morgan fingerprint density at radius 1 is 1.22 bits per heavy atom. The van der Waals surface area contributed by atoms with E-state index in [0.29, 0.717) is 23.6 Å². The summed E-state index contributed by atoms with van der Waals surface area (Å²) in [6.45, 7) is 0.385. The number of nitriles is 1. The molecule has 0 heterocycles. The second-order valence-corrected chi connectivity index (χ2v) is 4.61. The zero-order valence-corrected chi connectivity index (χ0v) is 11.1. The summed E-state index contributed by atoms with van der Waals surface area (Å²) in [7, 11) is 0. The first kappa shape index (κ1) is 12.5. The lowest BCUT2D eigenvalue weighted by molar-refractivity contribution is 0.305. The van der Waals surface area contributed by atoms with Crippen molar-refractivity contribution < 1.29 is 4.74 Å². The number of rotatable bonds is 3. The van der Waals surface area contributed by atoms with Gasteiger partial charge in [-0.1, -0.05) is 18.2 Å². The summed E-state index contributed by atoms with van der Waals surface area (Å²) in [4.78, 5) is 0. The van der Waals surface area contributed by atoms with Gasteiger partial charge in [0.1, 0.15) is 18.4 Å². The van der Waals surface area contributed by atoms with E-state index in [4.69, 9.17) is 15.7 Å². The van der Waals surface area contributed by atoms with Crippen molar-refractivity contribution in [3.63, 3.8) is 0 Å². The zero-order valence-electron chi connectivity index (χ0n) is 9.56. The van der Waals surface area contributed by atoms with Crippen LogP contribution in [0.15, 0.2) is 46.9 Å². The molecule has 4 heteroatoms. The van der Waals surface area contributed by atoms with E-state index in [9.17, 15) is 0 Å². The van der Waals surface area contributed by atoms with Gasteiger partial charge in [-0.15, -0.1) is 0 Å². The van der Waals surface area contributed by atoms with Crippen LogP contribution < -0.4 is 10.5 Å². The van der Waals surface area contributed by atoms with Crippen molar-refractivity contribution in [2.75, 3.05) is 5.73 Å². The molecule has 2 aromatic rings. The molecular weight excluding hydrogens is 292 g/mol. The maximum Gasteiger partial charge on any atom is 0.137 e. The van der Waals surface area contributed by atoms with Crippen LogP contribution in [0, 0.1) is 11.3 Å². The number of hydrogen-bond donors (Lipinski definition) is 1. The number of nitrogen functional groups attached to an aromatic ring is 1. The van der Waals surface area contributed by atoms with Crippen LogP contribution >= 0.6 is 15.9 Å². The van der Waals surface area contributed by atoms with E-state index in [1.807, 2.05) is 30.3 Å². The van der Waals surface area contributed by atoms with Gasteiger partial charge in [-0.3, -0.25) is 0 Å². The van der Waals surface area contributed by atoms with Crippen LogP contribution in [0.3, 0.4) is 0 Å². The fourth-order valence-corrected chi connectivity index (χ4v) is 1.78. The van der Waals surface area contributed by atoms with Gasteiger partial charge in [-0.25, -0.2) is 0 Å². The summed E-state index contributed by atoms with van der Waals surface area (Å²) < 4.78 is 6.48. The summed E-state index contributed by atoms with van der Waals surface area (Å²) in [6.07, 6.45) is 0. The lowest BCUT2D eigenvalue weighted by atomic mass is 10.2. The lowest BCUT2D eigenvalue weighted by Gasteiger charge is -2.08. The van der Waals surface area contributed by atoms with Crippen LogP contribution in [0.25, 0.3) is 0 Å². The van der Waals surface area contributed by atoms with Crippen LogP contribution in [0.1, 0.15) is 11.1 Å². The smallest absolute Gasteiger partial charge is 0.137 e. The van der Waals surface area contributed by atoms with E-state index in [1.54, 1.807) is 12.1 Å². The molecule has 0 unspecified atom stereocenters. The predicted octanol–water partition coefficient (Wildman–Crippen LogP) is 3.48. The van der Waals surface area contributed by atoms with Crippen molar-refractivity contribution in [3.05, 3.63) is 58.1 Å². The van der Waals surface area contributed by atoms with E-state index in [0.717, 1.165) is 10.0 Å². The Balaban J connectivity index is 2.12. The molecule has 0 atom stereocenters. The summed E-state index contributed by atoms with van der Waals surface area (Å²) in [5.74, 6) is 0.585. The molecule has 0 amide bonds. The normalized spacial score (nSPS) is 9.78. The maximum absolute atomic E-state index is 8.94. The van der Waals surface area contributed by atoms with Crippen LogP contribution in [0.2, 0.25) is 0 Å². The van der Waals surface area contributed by atoms with Crippen LogP contribution in [0.4, 0.5) is 5.69 Å². The fraction of sp³-hybridized carbons (Fsp3) is 0.0714. The maximum atomic E-state index is 8.94. The van der Waals surface area contributed by atoms with Gasteiger partial charge in [-0.2, -0.15) is 5.26 Å². The molecule has 90 valence electrons. The van der Waals surface area contributed by atoms with Crippen molar-refractivity contribution in [2.45, 2.75) is 6.61 Å². The summed E-state index contributed by atoms with van der Waals surface area (Å²) in [5.41, 5.74) is 7.95. The van der Waals surface area contributed by atoms with E-state index in [1.165, 1.54) is 0 Å². The van der Waals surface area contributed by atoms with Gasteiger partial charge in [-0.05, 0) is 45.8 Å². The van der Waals surface area contributed by atoms with Gasteiger partial charge in [0, 0.05) is 10.2 Å². The Bertz CT molecular complexity index is 605. The fourth-order valence-electron chi connectivity index (χ4n) is 1.53. The molecule has 0 saturated heterocycles. The van der Waals surface area contributed by atoms with Gasteiger partial charge in [0.05, 0.1) is 5.56 Å². The number of hydrogen-bond acceptors (Lipinski definition) is 3. The summed E-state index contributed by atoms with van der Waals surface area (Å²) in [6, 6.07) is 14.9. The Hall–Kier alpha value is -1.99. The number of halogens is 1. The molecule has 0 saturated carbocycles. The van der Waals surface area contributed by atoms with E-state index < -0.39 is 0 Å². The van der Waals surface area contributed by atoms with Crippen LogP contribution in [0.5, 0.6) is 5.75 Å². The molecule has 0 radical (unpaired) electrons. The number of nitrogens with zero attached hydrogens (tertiary/aromatic N) is 1. The highest BCUT2D eigenvalue weighted by Crippen LogP contribution is 2.22. The van der Waals surface area contributed by atoms with E-state index in [2.05, 4.69) is 22.0 Å². The molecule has 0 spiro atoms. The topological polar surface area (TPSA) is 59.0 Å². The monoisotopic (exact) mass is 302 g/mol. The molecule has 0 fully saturated rings. The number of nitrogens with two attached hydrogens (primary N) is 1. The highest BCUT2D eigenvalue weighted by Gasteiger charge is 2.03. The molecule has 2 rings (SSSR count). The number of ether oxygens (including phenoxy) is 1. The van der Waals surface area contributed by atoms with Crippen molar-refractivity contribution in [2.24, 2.45) is 0 Å². The molecule has 0 aromatic heterocycles. The van der Waals surface area contributed by atoms with Gasteiger partial charge < -0.3 is 10.5 Å². The highest BCUT2D eigenvalue weighted by atomic mass is 79.9. The van der Waals surface area contributed by atoms with Crippen LogP contribution in [-0.2, 0) is 6.61 Å². The Labute approximate surface area is 114 Å². The third kappa shape index (κ3) is 2.82. The van der Waals surface area contributed by atoms with Gasteiger partial charge in [0.2, 0.25) is 0 Å². The first-order valence-electron chi connectivity index (χ1n) is 5.36. The molecule has 0 bridgehead atoms. The minimum absolute atomic E-state index is 0.385. The van der Waals surface area contributed by atoms with E-state index >= 15 is 0 Å². The first-order valence-corrected chi connectivity index (χ1v) is 6.16. The third-order valence-corrected chi connectivity index (χ3v) is 3.18.